The highest BCUT2D eigenvalue weighted by Crippen LogP contribution is 2.38. The van der Waals surface area contributed by atoms with E-state index in [0.717, 1.165) is 25.1 Å². The third-order valence-electron chi connectivity index (χ3n) is 4.19. The molecule has 2 saturated heterocycles. The van der Waals surface area contributed by atoms with Crippen LogP contribution >= 0.6 is 0 Å². The number of aryl methyl sites for hydroxylation is 1. The molecule has 0 aliphatic carbocycles. The number of anilines is 1. The fourth-order valence-electron chi connectivity index (χ4n) is 2.95. The quantitative estimate of drug-likeness (QED) is 0.832. The fraction of sp³-hybridized carbons (Fsp3) is 0.571. The molecule has 2 aliphatic heterocycles. The van der Waals surface area contributed by atoms with Crippen molar-refractivity contribution < 1.29 is 9.53 Å². The van der Waals surface area contributed by atoms with Gasteiger partial charge >= 0.3 is 0 Å². The van der Waals surface area contributed by atoms with Gasteiger partial charge in [0.25, 0.3) is 0 Å². The van der Waals surface area contributed by atoms with E-state index in [9.17, 15) is 4.79 Å². The number of aromatic nitrogens is 1. The molecule has 0 aromatic carbocycles. The van der Waals surface area contributed by atoms with Gasteiger partial charge in [-0.25, -0.2) is 4.98 Å². The number of carbonyl (C=O) groups excluding carboxylic acids is 1. The van der Waals surface area contributed by atoms with Crippen LogP contribution in [0.3, 0.4) is 0 Å². The highest BCUT2D eigenvalue weighted by Gasteiger charge is 2.50. The second-order valence-corrected chi connectivity index (χ2v) is 5.50. The molecular formula is C14H19N3O2. The van der Waals surface area contributed by atoms with Crippen molar-refractivity contribution in [3.05, 3.63) is 23.9 Å². The van der Waals surface area contributed by atoms with Crippen molar-refractivity contribution >= 4 is 11.7 Å². The summed E-state index contributed by atoms with van der Waals surface area (Å²) >= 11 is 0. The van der Waals surface area contributed by atoms with Gasteiger partial charge in [0, 0.05) is 19.3 Å². The number of nitrogens with zero attached hydrogens (tertiary/aromatic N) is 1. The number of carbonyl (C=O) groups is 1. The molecule has 1 aromatic heterocycles. The number of ether oxygens (including phenoxy) is 1. The average Bonchev–Trinajstić information content (AvgIpc) is 2.86. The lowest BCUT2D eigenvalue weighted by Gasteiger charge is -2.36. The predicted molar refractivity (Wildman–Crippen MR) is 71.8 cm³/mol. The summed E-state index contributed by atoms with van der Waals surface area (Å²) in [7, 11) is 0. The number of hydrogen-bond donors (Lipinski definition) is 2. The van der Waals surface area contributed by atoms with Crippen LogP contribution in [0.2, 0.25) is 0 Å². The minimum Gasteiger partial charge on any atom is -0.380 e. The Morgan fingerprint density at radius 1 is 1.58 bits per heavy atom. The standard InChI is InChI=1S/C14H19N3O2/c1-10-2-3-12(16-6-10)17-13(18)14-8-15-7-11(14)4-5-19-9-14/h2-3,6,11,15H,4-5,7-9H2,1H3,(H,16,17,18)/t11-,14+/m1/s1. The Kier molecular flexibility index (Phi) is 3.24. The van der Waals surface area contributed by atoms with E-state index in [1.807, 2.05) is 19.1 Å². The van der Waals surface area contributed by atoms with Crippen LogP contribution in [-0.2, 0) is 9.53 Å². The Labute approximate surface area is 112 Å². The maximum atomic E-state index is 12.6. The Morgan fingerprint density at radius 2 is 2.47 bits per heavy atom. The zero-order valence-corrected chi connectivity index (χ0v) is 11.1. The number of nitrogens with one attached hydrogen (secondary N) is 2. The lowest BCUT2D eigenvalue weighted by Crippen LogP contribution is -2.49. The summed E-state index contributed by atoms with van der Waals surface area (Å²) in [5.41, 5.74) is 0.655. The van der Waals surface area contributed by atoms with Gasteiger partial charge in [-0.3, -0.25) is 4.79 Å². The van der Waals surface area contributed by atoms with Crippen LogP contribution in [0.4, 0.5) is 5.82 Å². The van der Waals surface area contributed by atoms with E-state index in [4.69, 9.17) is 4.74 Å². The fourth-order valence-corrected chi connectivity index (χ4v) is 2.95. The zero-order chi connectivity index (χ0) is 13.3. The second kappa shape index (κ2) is 4.90. The van der Waals surface area contributed by atoms with E-state index in [1.54, 1.807) is 6.20 Å². The van der Waals surface area contributed by atoms with E-state index in [1.165, 1.54) is 0 Å². The molecule has 5 nitrogen and oxygen atoms in total. The summed E-state index contributed by atoms with van der Waals surface area (Å²) in [6.07, 6.45) is 2.71. The lowest BCUT2D eigenvalue weighted by atomic mass is 9.75. The van der Waals surface area contributed by atoms with Gasteiger partial charge < -0.3 is 15.4 Å². The molecule has 3 rings (SSSR count). The van der Waals surface area contributed by atoms with E-state index in [-0.39, 0.29) is 5.91 Å². The normalized spacial score (nSPS) is 29.8. The van der Waals surface area contributed by atoms with Crippen LogP contribution in [-0.4, -0.2) is 37.2 Å². The van der Waals surface area contributed by atoms with Gasteiger partial charge in [0.1, 0.15) is 5.82 Å². The first-order valence-electron chi connectivity index (χ1n) is 6.73. The third kappa shape index (κ3) is 2.24. The Bertz CT molecular complexity index is 474. The molecule has 2 N–H and O–H groups in total. The first-order chi connectivity index (χ1) is 9.21. The zero-order valence-electron chi connectivity index (χ0n) is 11.1. The molecule has 1 aromatic rings. The van der Waals surface area contributed by atoms with Crippen molar-refractivity contribution in [2.75, 3.05) is 31.6 Å². The monoisotopic (exact) mass is 261 g/mol. The lowest BCUT2D eigenvalue weighted by molar-refractivity contribution is -0.135. The Morgan fingerprint density at radius 3 is 3.26 bits per heavy atom. The SMILES string of the molecule is Cc1ccc(NC(=O)[C@]23CNC[C@H]2CCOC3)nc1. The number of pyridine rings is 1. The summed E-state index contributed by atoms with van der Waals surface area (Å²) in [5.74, 6) is 1.01. The summed E-state index contributed by atoms with van der Waals surface area (Å²) in [6.45, 7) is 4.82. The molecule has 0 saturated carbocycles. The number of amides is 1. The predicted octanol–water partition coefficient (Wildman–Crippen LogP) is 0.955. The van der Waals surface area contributed by atoms with E-state index in [0.29, 0.717) is 24.9 Å². The summed E-state index contributed by atoms with van der Waals surface area (Å²) in [4.78, 5) is 16.8. The van der Waals surface area contributed by atoms with Gasteiger partial charge in [0.05, 0.1) is 12.0 Å². The molecule has 3 heterocycles. The number of hydrogen-bond acceptors (Lipinski definition) is 4. The van der Waals surface area contributed by atoms with E-state index in [2.05, 4.69) is 15.6 Å². The van der Waals surface area contributed by atoms with E-state index >= 15 is 0 Å². The van der Waals surface area contributed by atoms with Crippen molar-refractivity contribution in [2.45, 2.75) is 13.3 Å². The summed E-state index contributed by atoms with van der Waals surface area (Å²) < 4.78 is 5.54. The largest absolute Gasteiger partial charge is 0.380 e. The van der Waals surface area contributed by atoms with Crippen molar-refractivity contribution in [3.63, 3.8) is 0 Å². The first kappa shape index (κ1) is 12.6. The van der Waals surface area contributed by atoms with Crippen molar-refractivity contribution in [3.8, 4) is 0 Å². The van der Waals surface area contributed by atoms with Crippen molar-refractivity contribution in [2.24, 2.45) is 11.3 Å². The van der Waals surface area contributed by atoms with Crippen molar-refractivity contribution in [1.82, 2.24) is 10.3 Å². The Hall–Kier alpha value is -1.46. The Balaban J connectivity index is 1.77. The van der Waals surface area contributed by atoms with Crippen LogP contribution < -0.4 is 10.6 Å². The molecule has 0 radical (unpaired) electrons. The maximum Gasteiger partial charge on any atom is 0.235 e. The summed E-state index contributed by atoms with van der Waals surface area (Å²) in [6, 6.07) is 3.78. The molecule has 102 valence electrons. The number of rotatable bonds is 2. The van der Waals surface area contributed by atoms with Crippen LogP contribution in [0.25, 0.3) is 0 Å². The second-order valence-electron chi connectivity index (χ2n) is 5.50. The molecule has 0 unspecified atom stereocenters. The van der Waals surface area contributed by atoms with Crippen LogP contribution in [0.15, 0.2) is 18.3 Å². The first-order valence-corrected chi connectivity index (χ1v) is 6.73. The average molecular weight is 261 g/mol. The molecule has 5 heteroatoms. The molecule has 19 heavy (non-hydrogen) atoms. The summed E-state index contributed by atoms with van der Waals surface area (Å²) in [5, 5.41) is 6.25. The molecule has 2 atom stereocenters. The molecule has 0 spiro atoms. The van der Waals surface area contributed by atoms with Crippen LogP contribution in [0, 0.1) is 18.3 Å². The number of fused-ring (bicyclic) bond motifs is 1. The van der Waals surface area contributed by atoms with Crippen LogP contribution in [0.5, 0.6) is 0 Å². The van der Waals surface area contributed by atoms with Gasteiger partial charge in [0.15, 0.2) is 0 Å². The van der Waals surface area contributed by atoms with E-state index < -0.39 is 5.41 Å². The minimum atomic E-state index is -0.426. The smallest absolute Gasteiger partial charge is 0.235 e. The molecular weight excluding hydrogens is 242 g/mol. The van der Waals surface area contributed by atoms with Gasteiger partial charge in [0.2, 0.25) is 5.91 Å². The van der Waals surface area contributed by atoms with Gasteiger partial charge in [-0.05, 0) is 37.4 Å². The topological polar surface area (TPSA) is 63.2 Å². The minimum absolute atomic E-state index is 0.0264. The third-order valence-corrected chi connectivity index (χ3v) is 4.19. The highest BCUT2D eigenvalue weighted by molar-refractivity contribution is 5.95. The molecule has 2 fully saturated rings. The van der Waals surface area contributed by atoms with Crippen LogP contribution in [0.1, 0.15) is 12.0 Å². The van der Waals surface area contributed by atoms with Gasteiger partial charge in [-0.15, -0.1) is 0 Å². The van der Waals surface area contributed by atoms with Crippen molar-refractivity contribution in [1.29, 1.82) is 0 Å². The van der Waals surface area contributed by atoms with Gasteiger partial charge in [-0.1, -0.05) is 6.07 Å². The molecule has 1 amide bonds. The molecule has 0 bridgehead atoms. The van der Waals surface area contributed by atoms with Gasteiger partial charge in [-0.2, -0.15) is 0 Å². The maximum absolute atomic E-state index is 12.6. The highest BCUT2D eigenvalue weighted by atomic mass is 16.5. The molecule has 2 aliphatic rings.